The fraction of sp³-hybridized carbons (Fsp3) is 0.273. The molecule has 0 aliphatic rings. The lowest BCUT2D eigenvalue weighted by Gasteiger charge is -2.12. The van der Waals surface area contributed by atoms with Gasteiger partial charge in [-0.1, -0.05) is 11.6 Å². The molecule has 1 aromatic carbocycles. The molecule has 0 fully saturated rings. The maximum atomic E-state index is 13.3. The lowest BCUT2D eigenvalue weighted by atomic mass is 10.1. The number of carbonyl (C=O) groups is 2. The van der Waals surface area contributed by atoms with Crippen molar-refractivity contribution in [2.24, 2.45) is 0 Å². The molecule has 0 heterocycles. The van der Waals surface area contributed by atoms with Crippen molar-refractivity contribution in [3.63, 3.8) is 0 Å². The van der Waals surface area contributed by atoms with Crippen LogP contribution in [-0.2, 0) is 4.79 Å². The number of halogens is 1. The maximum Gasteiger partial charge on any atom is 0.328 e. The van der Waals surface area contributed by atoms with Crippen LogP contribution in [0.3, 0.4) is 0 Å². The summed E-state index contributed by atoms with van der Waals surface area (Å²) in [5, 5.41) is 19.4. The zero-order chi connectivity index (χ0) is 13.0. The summed E-state index contributed by atoms with van der Waals surface area (Å²) in [4.78, 5) is 22.1. The molecule has 17 heavy (non-hydrogen) atoms. The summed E-state index contributed by atoms with van der Waals surface area (Å²) >= 11 is 0. The molecular formula is C11H12FNO4. The summed E-state index contributed by atoms with van der Waals surface area (Å²) in [5.74, 6) is -2.99. The normalized spacial score (nSPS) is 11.9. The van der Waals surface area contributed by atoms with Crippen molar-refractivity contribution in [2.45, 2.75) is 13.0 Å². The standard InChI is InChI=1S/C11H12FNO4/c1-6-2-3-8(12)7(4-6)10(15)13-9(5-14)11(16)17/h2-4,9,14H,5H2,1H3,(H,13,15)(H,16,17). The number of carboxylic acid groups (broad SMARTS) is 1. The Morgan fingerprint density at radius 2 is 2.12 bits per heavy atom. The Labute approximate surface area is 96.9 Å². The van der Waals surface area contributed by atoms with Crippen molar-refractivity contribution in [2.75, 3.05) is 6.61 Å². The molecule has 0 radical (unpaired) electrons. The highest BCUT2D eigenvalue weighted by Crippen LogP contribution is 2.10. The number of aliphatic hydroxyl groups excluding tert-OH is 1. The van der Waals surface area contributed by atoms with Gasteiger partial charge in [0.15, 0.2) is 6.04 Å². The second-order valence-electron chi connectivity index (χ2n) is 3.53. The molecule has 1 rings (SSSR count). The summed E-state index contributed by atoms with van der Waals surface area (Å²) in [7, 11) is 0. The Hall–Kier alpha value is -1.95. The topological polar surface area (TPSA) is 86.6 Å². The van der Waals surface area contributed by atoms with Crippen LogP contribution in [0.5, 0.6) is 0 Å². The van der Waals surface area contributed by atoms with E-state index >= 15 is 0 Å². The van der Waals surface area contributed by atoms with Crippen LogP contribution in [-0.4, -0.2) is 34.7 Å². The maximum absolute atomic E-state index is 13.3. The van der Waals surface area contributed by atoms with Crippen molar-refractivity contribution < 1.29 is 24.2 Å². The molecule has 5 nitrogen and oxygen atoms in total. The fourth-order valence-electron chi connectivity index (χ4n) is 1.23. The average Bonchev–Trinajstić information content (AvgIpc) is 2.28. The van der Waals surface area contributed by atoms with Crippen molar-refractivity contribution >= 4 is 11.9 Å². The van der Waals surface area contributed by atoms with Crippen molar-refractivity contribution in [1.82, 2.24) is 5.32 Å². The summed E-state index contributed by atoms with van der Waals surface area (Å²) in [6, 6.07) is 2.48. The van der Waals surface area contributed by atoms with Gasteiger partial charge in [-0.2, -0.15) is 0 Å². The molecule has 0 aliphatic carbocycles. The minimum Gasteiger partial charge on any atom is -0.480 e. The fourth-order valence-corrected chi connectivity index (χ4v) is 1.23. The van der Waals surface area contributed by atoms with E-state index in [9.17, 15) is 14.0 Å². The van der Waals surface area contributed by atoms with Crippen LogP contribution in [0.4, 0.5) is 4.39 Å². The molecule has 0 saturated heterocycles. The van der Waals surface area contributed by atoms with Crippen LogP contribution in [0.1, 0.15) is 15.9 Å². The first-order chi connectivity index (χ1) is 7.95. The first-order valence-electron chi connectivity index (χ1n) is 4.86. The Bertz CT molecular complexity index is 447. The zero-order valence-corrected chi connectivity index (χ0v) is 9.11. The first kappa shape index (κ1) is 13.1. The predicted octanol–water partition coefficient (Wildman–Crippen LogP) is 0.309. The largest absolute Gasteiger partial charge is 0.480 e. The van der Waals surface area contributed by atoms with Gasteiger partial charge in [0.1, 0.15) is 5.82 Å². The molecule has 1 aromatic rings. The van der Waals surface area contributed by atoms with E-state index in [1.165, 1.54) is 12.1 Å². The van der Waals surface area contributed by atoms with Gasteiger partial charge in [0.25, 0.3) is 5.91 Å². The smallest absolute Gasteiger partial charge is 0.328 e. The number of rotatable bonds is 4. The molecule has 0 saturated carbocycles. The van der Waals surface area contributed by atoms with Gasteiger partial charge >= 0.3 is 5.97 Å². The highest BCUT2D eigenvalue weighted by Gasteiger charge is 2.21. The van der Waals surface area contributed by atoms with Gasteiger partial charge < -0.3 is 15.5 Å². The van der Waals surface area contributed by atoms with Crippen LogP contribution in [0.2, 0.25) is 0 Å². The number of carbonyl (C=O) groups excluding carboxylic acids is 1. The van der Waals surface area contributed by atoms with Gasteiger partial charge in [-0.3, -0.25) is 4.79 Å². The molecule has 0 spiro atoms. The van der Waals surface area contributed by atoms with E-state index in [4.69, 9.17) is 10.2 Å². The van der Waals surface area contributed by atoms with Crippen LogP contribution in [0, 0.1) is 12.7 Å². The number of aliphatic hydroxyl groups is 1. The van der Waals surface area contributed by atoms with Crippen LogP contribution in [0.25, 0.3) is 0 Å². The Kier molecular flexibility index (Phi) is 4.17. The molecule has 0 bridgehead atoms. The highest BCUT2D eigenvalue weighted by atomic mass is 19.1. The summed E-state index contributed by atoms with van der Waals surface area (Å²) in [6.45, 7) is 0.922. The lowest BCUT2D eigenvalue weighted by Crippen LogP contribution is -2.43. The summed E-state index contributed by atoms with van der Waals surface area (Å²) in [6.07, 6.45) is 0. The van der Waals surface area contributed by atoms with Crippen molar-refractivity contribution in [3.05, 3.63) is 35.1 Å². The van der Waals surface area contributed by atoms with E-state index in [0.29, 0.717) is 5.56 Å². The molecular weight excluding hydrogens is 229 g/mol. The number of amides is 1. The zero-order valence-electron chi connectivity index (χ0n) is 9.11. The predicted molar refractivity (Wildman–Crippen MR) is 57.1 cm³/mol. The van der Waals surface area contributed by atoms with Gasteiger partial charge in [0.05, 0.1) is 12.2 Å². The Morgan fingerprint density at radius 1 is 1.47 bits per heavy atom. The van der Waals surface area contributed by atoms with E-state index < -0.39 is 30.3 Å². The molecule has 6 heteroatoms. The number of hydrogen-bond donors (Lipinski definition) is 3. The number of aliphatic carboxylic acids is 1. The number of benzene rings is 1. The quantitative estimate of drug-likeness (QED) is 0.708. The van der Waals surface area contributed by atoms with Gasteiger partial charge in [-0.05, 0) is 19.1 Å². The van der Waals surface area contributed by atoms with Crippen LogP contribution < -0.4 is 5.32 Å². The van der Waals surface area contributed by atoms with Gasteiger partial charge in [-0.15, -0.1) is 0 Å². The second kappa shape index (κ2) is 5.40. The molecule has 0 aromatic heterocycles. The monoisotopic (exact) mass is 241 g/mol. The van der Waals surface area contributed by atoms with Crippen molar-refractivity contribution in [1.29, 1.82) is 0 Å². The number of nitrogens with one attached hydrogen (secondary N) is 1. The minimum absolute atomic E-state index is 0.246. The van der Waals surface area contributed by atoms with Gasteiger partial charge in [-0.25, -0.2) is 9.18 Å². The summed E-state index contributed by atoms with van der Waals surface area (Å²) < 4.78 is 13.3. The minimum atomic E-state index is -1.44. The number of aryl methyl sites for hydroxylation is 1. The Balaban J connectivity index is 2.89. The number of hydrogen-bond acceptors (Lipinski definition) is 3. The molecule has 0 aliphatic heterocycles. The summed E-state index contributed by atoms with van der Waals surface area (Å²) in [5.41, 5.74) is 0.428. The van der Waals surface area contributed by atoms with Crippen LogP contribution in [0.15, 0.2) is 18.2 Å². The van der Waals surface area contributed by atoms with Gasteiger partial charge in [0.2, 0.25) is 0 Å². The molecule has 92 valence electrons. The van der Waals surface area contributed by atoms with E-state index in [2.05, 4.69) is 0 Å². The van der Waals surface area contributed by atoms with E-state index in [0.717, 1.165) is 6.07 Å². The molecule has 1 unspecified atom stereocenters. The van der Waals surface area contributed by atoms with E-state index in [1.54, 1.807) is 6.92 Å². The SMILES string of the molecule is Cc1ccc(F)c(C(=O)NC(CO)C(=O)O)c1. The van der Waals surface area contributed by atoms with Crippen LogP contribution >= 0.6 is 0 Å². The first-order valence-corrected chi connectivity index (χ1v) is 4.86. The molecule has 1 amide bonds. The van der Waals surface area contributed by atoms with Gasteiger partial charge in [0, 0.05) is 0 Å². The molecule has 1 atom stereocenters. The lowest BCUT2D eigenvalue weighted by molar-refractivity contribution is -0.140. The number of carboxylic acids is 1. The van der Waals surface area contributed by atoms with E-state index in [-0.39, 0.29) is 5.56 Å². The average molecular weight is 241 g/mol. The highest BCUT2D eigenvalue weighted by molar-refractivity contribution is 5.97. The Morgan fingerprint density at radius 3 is 2.65 bits per heavy atom. The van der Waals surface area contributed by atoms with E-state index in [1.807, 2.05) is 5.32 Å². The molecule has 3 N–H and O–H groups in total. The third-order valence-electron chi connectivity index (χ3n) is 2.15. The third-order valence-corrected chi connectivity index (χ3v) is 2.15. The second-order valence-corrected chi connectivity index (χ2v) is 3.53. The van der Waals surface area contributed by atoms with Crippen molar-refractivity contribution in [3.8, 4) is 0 Å². The third kappa shape index (κ3) is 3.25.